The maximum absolute atomic E-state index is 6.77. The Morgan fingerprint density at radius 1 is 0.588 bits per heavy atom. The summed E-state index contributed by atoms with van der Waals surface area (Å²) >= 11 is 0. The smallest absolute Gasteiger partial charge is 0.456 e. The first-order valence-corrected chi connectivity index (χ1v) is 12.6. The highest BCUT2D eigenvalue weighted by Crippen LogP contribution is 2.42. The van der Waals surface area contributed by atoms with Gasteiger partial charge in [0.15, 0.2) is 0 Å². The van der Waals surface area contributed by atoms with Crippen LogP contribution in [-0.2, 0) is 25.6 Å². The summed E-state index contributed by atoms with van der Waals surface area (Å²) in [6.07, 6.45) is 0. The maximum atomic E-state index is 6.77. The van der Waals surface area contributed by atoms with Crippen molar-refractivity contribution in [3.8, 4) is 0 Å². The monoisotopic (exact) mass is 462 g/mol. The molecule has 184 valence electrons. The Kier molecular flexibility index (Phi) is 5.49. The molecule has 0 saturated carbocycles. The van der Waals surface area contributed by atoms with E-state index in [2.05, 4.69) is 114 Å². The highest BCUT2D eigenvalue weighted by atomic mass is 16.7. The third-order valence-electron chi connectivity index (χ3n) is 7.75. The van der Waals surface area contributed by atoms with Crippen LogP contribution in [0.5, 0.6) is 0 Å². The fourth-order valence-corrected chi connectivity index (χ4v) is 4.57. The first-order chi connectivity index (χ1) is 15.2. The summed E-state index contributed by atoms with van der Waals surface area (Å²) in [5.41, 5.74) is 5.78. The average Bonchev–Trinajstić information content (AvgIpc) is 3.11. The fourth-order valence-electron chi connectivity index (χ4n) is 4.57. The van der Waals surface area contributed by atoms with E-state index in [9.17, 15) is 0 Å². The van der Waals surface area contributed by atoms with Crippen LogP contribution in [0, 0.1) is 0 Å². The van der Waals surface area contributed by atoms with E-state index in [4.69, 9.17) is 13.7 Å². The summed E-state index contributed by atoms with van der Waals surface area (Å²) in [6, 6.07) is 9.21. The standard InChI is InChI=1S/C30H43BO3/c1-26(2,3)18-14-20-21-15-19(27(4,5)6)17-23(31-33-29(10,11)30(12,13)34-31)25(21)32-24(20)22(16-18)28(7,8)9/h14-17H,1-13H3. The van der Waals surface area contributed by atoms with E-state index in [0.717, 1.165) is 22.0 Å². The van der Waals surface area contributed by atoms with E-state index >= 15 is 0 Å². The van der Waals surface area contributed by atoms with Gasteiger partial charge in [-0.1, -0.05) is 74.4 Å². The highest BCUT2D eigenvalue weighted by molar-refractivity contribution is 6.65. The number of fused-ring (bicyclic) bond motifs is 3. The second-order valence-corrected chi connectivity index (χ2v) is 14.3. The molecule has 1 fully saturated rings. The molecule has 0 aliphatic carbocycles. The van der Waals surface area contributed by atoms with Gasteiger partial charge in [0, 0.05) is 21.8 Å². The van der Waals surface area contributed by atoms with Crippen LogP contribution in [0.3, 0.4) is 0 Å². The van der Waals surface area contributed by atoms with Crippen LogP contribution in [0.2, 0.25) is 0 Å². The predicted molar refractivity (Wildman–Crippen MR) is 146 cm³/mol. The lowest BCUT2D eigenvalue weighted by Gasteiger charge is -2.32. The zero-order chi connectivity index (χ0) is 25.6. The summed E-state index contributed by atoms with van der Waals surface area (Å²) in [4.78, 5) is 0. The van der Waals surface area contributed by atoms with Gasteiger partial charge in [0.25, 0.3) is 0 Å². The van der Waals surface area contributed by atoms with Gasteiger partial charge in [-0.2, -0.15) is 0 Å². The fraction of sp³-hybridized carbons (Fsp3) is 0.600. The van der Waals surface area contributed by atoms with Gasteiger partial charge in [-0.05, 0) is 67.2 Å². The van der Waals surface area contributed by atoms with Crippen molar-refractivity contribution >= 4 is 34.5 Å². The van der Waals surface area contributed by atoms with Crippen LogP contribution >= 0.6 is 0 Å². The Hall–Kier alpha value is -1.78. The second-order valence-electron chi connectivity index (χ2n) is 14.3. The number of benzene rings is 2. The normalized spacial score (nSPS) is 18.9. The van der Waals surface area contributed by atoms with Crippen LogP contribution in [0.1, 0.15) is 107 Å². The lowest BCUT2D eigenvalue weighted by Crippen LogP contribution is -2.41. The summed E-state index contributed by atoms with van der Waals surface area (Å²) in [5, 5.41) is 2.32. The summed E-state index contributed by atoms with van der Waals surface area (Å²) < 4.78 is 19.8. The van der Waals surface area contributed by atoms with Crippen LogP contribution in [0.15, 0.2) is 28.7 Å². The van der Waals surface area contributed by atoms with Gasteiger partial charge in [0.05, 0.1) is 11.2 Å². The molecule has 0 unspecified atom stereocenters. The maximum Gasteiger partial charge on any atom is 0.498 e. The molecule has 1 aromatic heterocycles. The van der Waals surface area contributed by atoms with E-state index in [1.54, 1.807) is 0 Å². The molecule has 3 aromatic rings. The Morgan fingerprint density at radius 3 is 1.47 bits per heavy atom. The van der Waals surface area contributed by atoms with E-state index < -0.39 is 18.3 Å². The summed E-state index contributed by atoms with van der Waals surface area (Å²) in [7, 11) is -0.476. The minimum Gasteiger partial charge on any atom is -0.456 e. The molecule has 0 atom stereocenters. The van der Waals surface area contributed by atoms with E-state index in [1.807, 2.05) is 0 Å². The van der Waals surface area contributed by atoms with Crippen LogP contribution in [0.25, 0.3) is 21.9 Å². The van der Waals surface area contributed by atoms with Crippen molar-refractivity contribution in [2.75, 3.05) is 0 Å². The van der Waals surface area contributed by atoms with Crippen molar-refractivity contribution < 1.29 is 13.7 Å². The van der Waals surface area contributed by atoms with Crippen molar-refractivity contribution in [1.82, 2.24) is 0 Å². The van der Waals surface area contributed by atoms with Crippen molar-refractivity contribution in [3.05, 3.63) is 41.0 Å². The van der Waals surface area contributed by atoms with Crippen LogP contribution in [0.4, 0.5) is 0 Å². The molecule has 0 amide bonds. The third-order valence-corrected chi connectivity index (χ3v) is 7.75. The number of rotatable bonds is 1. The SMILES string of the molecule is CC(C)(C)c1cc(B2OC(C)(C)C(C)(C)O2)c2oc3c(C(C)(C)C)cc(C(C)(C)C)cc3c2c1. The molecular formula is C30H43BO3. The molecule has 0 N–H and O–H groups in total. The molecule has 1 saturated heterocycles. The van der Waals surface area contributed by atoms with Gasteiger partial charge in [-0.25, -0.2) is 0 Å². The average molecular weight is 462 g/mol. The Morgan fingerprint density at radius 2 is 1.03 bits per heavy atom. The molecule has 0 spiro atoms. The third kappa shape index (κ3) is 4.11. The predicted octanol–water partition coefficient (Wildman–Crippen LogP) is 7.78. The Balaban J connectivity index is 2.11. The zero-order valence-electron chi connectivity index (χ0n) is 23.6. The van der Waals surface area contributed by atoms with Crippen LogP contribution in [-0.4, -0.2) is 18.3 Å². The topological polar surface area (TPSA) is 31.6 Å². The Labute approximate surface area is 206 Å². The molecular weight excluding hydrogens is 419 g/mol. The lowest BCUT2D eigenvalue weighted by molar-refractivity contribution is 0.00578. The summed E-state index contributed by atoms with van der Waals surface area (Å²) in [5.74, 6) is 0. The first-order valence-electron chi connectivity index (χ1n) is 12.6. The van der Waals surface area contributed by atoms with E-state index in [-0.39, 0.29) is 16.2 Å². The molecule has 1 aliphatic rings. The molecule has 3 nitrogen and oxygen atoms in total. The molecule has 4 rings (SSSR count). The van der Waals surface area contributed by atoms with Crippen LogP contribution < -0.4 is 5.46 Å². The molecule has 0 radical (unpaired) electrons. The van der Waals surface area contributed by atoms with E-state index in [0.29, 0.717) is 0 Å². The van der Waals surface area contributed by atoms with Gasteiger partial charge in [0.2, 0.25) is 0 Å². The zero-order valence-corrected chi connectivity index (χ0v) is 23.6. The van der Waals surface area contributed by atoms with Crippen molar-refractivity contribution in [2.24, 2.45) is 0 Å². The number of hydrogen-bond acceptors (Lipinski definition) is 3. The number of furan rings is 1. The minimum absolute atomic E-state index is 0.0231. The van der Waals surface area contributed by atoms with Gasteiger partial charge >= 0.3 is 7.12 Å². The molecule has 4 heteroatoms. The Bertz CT molecular complexity index is 1240. The van der Waals surface area contributed by atoms with Gasteiger partial charge in [-0.15, -0.1) is 0 Å². The van der Waals surface area contributed by atoms with Gasteiger partial charge in [0.1, 0.15) is 11.2 Å². The van der Waals surface area contributed by atoms with Crippen molar-refractivity contribution in [1.29, 1.82) is 0 Å². The summed E-state index contributed by atoms with van der Waals surface area (Å²) in [6.45, 7) is 28.8. The largest absolute Gasteiger partial charge is 0.498 e. The van der Waals surface area contributed by atoms with Gasteiger partial charge < -0.3 is 13.7 Å². The molecule has 2 aromatic carbocycles. The second kappa shape index (κ2) is 7.37. The molecule has 1 aliphatic heterocycles. The van der Waals surface area contributed by atoms with Crippen molar-refractivity contribution in [2.45, 2.75) is 117 Å². The van der Waals surface area contributed by atoms with Crippen molar-refractivity contribution in [3.63, 3.8) is 0 Å². The highest BCUT2D eigenvalue weighted by Gasteiger charge is 2.52. The van der Waals surface area contributed by atoms with Gasteiger partial charge in [-0.3, -0.25) is 0 Å². The molecule has 0 bridgehead atoms. The quantitative estimate of drug-likeness (QED) is 0.346. The minimum atomic E-state index is -0.476. The molecule has 34 heavy (non-hydrogen) atoms. The number of hydrogen-bond donors (Lipinski definition) is 0. The lowest BCUT2D eigenvalue weighted by atomic mass is 9.74. The molecule has 2 heterocycles. The van der Waals surface area contributed by atoms with E-state index in [1.165, 1.54) is 22.1 Å². The first kappa shape index (κ1) is 25.3.